The quantitative estimate of drug-likeness (QED) is 0.486. The first-order chi connectivity index (χ1) is 7.29. The summed E-state index contributed by atoms with van der Waals surface area (Å²) in [6, 6.07) is 0. The summed E-state index contributed by atoms with van der Waals surface area (Å²) in [7, 11) is 0. The molecule has 1 saturated carbocycles. The third kappa shape index (κ3) is 2.74. The van der Waals surface area contributed by atoms with Crippen LogP contribution >= 0.6 is 23.4 Å². The number of hydrogen-bond acceptors (Lipinski definition) is 5. The molecule has 0 amide bonds. The van der Waals surface area contributed by atoms with Gasteiger partial charge in [-0.3, -0.25) is 5.43 Å². The van der Waals surface area contributed by atoms with E-state index in [1.165, 1.54) is 25.7 Å². The highest BCUT2D eigenvalue weighted by Gasteiger charge is 2.18. The van der Waals surface area contributed by atoms with E-state index < -0.39 is 0 Å². The Morgan fingerprint density at radius 3 is 2.87 bits per heavy atom. The van der Waals surface area contributed by atoms with Gasteiger partial charge >= 0.3 is 0 Å². The molecule has 4 nitrogen and oxygen atoms in total. The molecule has 1 heterocycles. The number of thioether (sulfide) groups is 1. The van der Waals surface area contributed by atoms with Crippen LogP contribution in [0.25, 0.3) is 0 Å². The number of aromatic nitrogens is 2. The number of anilines is 1. The summed E-state index contributed by atoms with van der Waals surface area (Å²) >= 11 is 7.75. The Bertz CT molecular complexity index is 341. The molecule has 6 heteroatoms. The highest BCUT2D eigenvalue weighted by Crippen LogP contribution is 2.36. The Kier molecular flexibility index (Phi) is 3.66. The molecule has 0 saturated heterocycles. The molecule has 0 spiro atoms. The molecule has 0 aromatic carbocycles. The molecule has 82 valence electrons. The summed E-state index contributed by atoms with van der Waals surface area (Å²) in [6.07, 6.45) is 6.69. The van der Waals surface area contributed by atoms with E-state index in [-0.39, 0.29) is 0 Å². The molecule has 0 atom stereocenters. The van der Waals surface area contributed by atoms with Crippen LogP contribution in [0.2, 0.25) is 5.02 Å². The predicted molar refractivity (Wildman–Crippen MR) is 63.0 cm³/mol. The van der Waals surface area contributed by atoms with Gasteiger partial charge in [-0.2, -0.15) is 0 Å². The van der Waals surface area contributed by atoms with Crippen LogP contribution in [0.3, 0.4) is 0 Å². The molecule has 1 fully saturated rings. The molecule has 2 rings (SSSR count). The van der Waals surface area contributed by atoms with Crippen LogP contribution in [0.5, 0.6) is 0 Å². The summed E-state index contributed by atoms with van der Waals surface area (Å²) in [5.41, 5.74) is 2.43. The van der Waals surface area contributed by atoms with Gasteiger partial charge in [0, 0.05) is 5.25 Å². The van der Waals surface area contributed by atoms with Gasteiger partial charge < -0.3 is 0 Å². The maximum atomic E-state index is 6.02. The van der Waals surface area contributed by atoms with Crippen molar-refractivity contribution in [1.29, 1.82) is 0 Å². The highest BCUT2D eigenvalue weighted by molar-refractivity contribution is 8.00. The van der Waals surface area contributed by atoms with E-state index >= 15 is 0 Å². The van der Waals surface area contributed by atoms with Gasteiger partial charge in [-0.05, 0) is 12.8 Å². The minimum Gasteiger partial charge on any atom is -0.292 e. The average molecular weight is 245 g/mol. The maximum absolute atomic E-state index is 6.02. The molecule has 1 aliphatic carbocycles. The first-order valence-corrected chi connectivity index (χ1v) is 6.21. The Labute approximate surface area is 98.0 Å². The number of halogens is 1. The van der Waals surface area contributed by atoms with E-state index in [1.807, 2.05) is 0 Å². The van der Waals surface area contributed by atoms with Gasteiger partial charge in [-0.25, -0.2) is 15.8 Å². The van der Waals surface area contributed by atoms with Crippen molar-refractivity contribution in [1.82, 2.24) is 9.97 Å². The number of hydrazine groups is 1. The molecule has 0 bridgehead atoms. The summed E-state index contributed by atoms with van der Waals surface area (Å²) in [4.78, 5) is 8.18. The van der Waals surface area contributed by atoms with Gasteiger partial charge in [0.15, 0.2) is 0 Å². The van der Waals surface area contributed by atoms with Crippen LogP contribution in [0.15, 0.2) is 11.2 Å². The third-order valence-electron chi connectivity index (χ3n) is 2.42. The van der Waals surface area contributed by atoms with Crippen LogP contribution in [0.1, 0.15) is 25.7 Å². The van der Waals surface area contributed by atoms with Gasteiger partial charge in [-0.15, -0.1) is 11.8 Å². The number of nitrogens with zero attached hydrogens (tertiary/aromatic N) is 2. The van der Waals surface area contributed by atoms with Gasteiger partial charge in [0.05, 0.1) is 11.2 Å². The number of nitrogens with one attached hydrogen (secondary N) is 1. The van der Waals surface area contributed by atoms with E-state index in [4.69, 9.17) is 17.4 Å². The lowest BCUT2D eigenvalue weighted by Crippen LogP contribution is -2.11. The van der Waals surface area contributed by atoms with Crippen LogP contribution in [-0.4, -0.2) is 15.2 Å². The fourth-order valence-corrected chi connectivity index (χ4v) is 3.08. The highest BCUT2D eigenvalue weighted by atomic mass is 35.5. The van der Waals surface area contributed by atoms with Crippen LogP contribution < -0.4 is 11.3 Å². The monoisotopic (exact) mass is 244 g/mol. The third-order valence-corrected chi connectivity index (χ3v) is 4.15. The smallest absolute Gasteiger partial charge is 0.238 e. The predicted octanol–water partition coefficient (Wildman–Crippen LogP) is 2.45. The summed E-state index contributed by atoms with van der Waals surface area (Å²) in [5, 5.41) is 2.07. The number of nitrogens with two attached hydrogens (primary N) is 1. The number of nitrogen functional groups attached to an aromatic ring is 1. The van der Waals surface area contributed by atoms with Crippen LogP contribution in [0.4, 0.5) is 5.95 Å². The lowest BCUT2D eigenvalue weighted by molar-refractivity contribution is 0.886. The second-order valence-corrected chi connectivity index (χ2v) is 5.21. The van der Waals surface area contributed by atoms with E-state index in [0.717, 1.165) is 5.03 Å². The Hall–Kier alpha value is -0.520. The van der Waals surface area contributed by atoms with Gasteiger partial charge in [0.2, 0.25) is 5.95 Å². The molecule has 1 aliphatic rings. The van der Waals surface area contributed by atoms with E-state index in [0.29, 0.717) is 16.2 Å². The normalized spacial score (nSPS) is 16.9. The van der Waals surface area contributed by atoms with E-state index in [1.54, 1.807) is 18.0 Å². The fraction of sp³-hybridized carbons (Fsp3) is 0.556. The Balaban J connectivity index is 2.11. The molecular formula is C9H13ClN4S. The number of hydrogen-bond donors (Lipinski definition) is 2. The summed E-state index contributed by atoms with van der Waals surface area (Å²) < 4.78 is 0. The van der Waals surface area contributed by atoms with Gasteiger partial charge in [-0.1, -0.05) is 24.4 Å². The Morgan fingerprint density at radius 2 is 2.20 bits per heavy atom. The van der Waals surface area contributed by atoms with Crippen molar-refractivity contribution in [3.63, 3.8) is 0 Å². The standard InChI is InChI=1S/C9H13ClN4S/c10-7-5-12-9(14-11)13-8(7)15-6-3-1-2-4-6/h5-6H,1-4,11H2,(H,12,13,14). The summed E-state index contributed by atoms with van der Waals surface area (Å²) in [6.45, 7) is 0. The maximum Gasteiger partial charge on any atom is 0.238 e. The topological polar surface area (TPSA) is 63.8 Å². The first kappa shape index (κ1) is 11.0. The minimum atomic E-state index is 0.417. The van der Waals surface area contributed by atoms with Crippen molar-refractivity contribution in [2.45, 2.75) is 36.0 Å². The zero-order chi connectivity index (χ0) is 10.7. The van der Waals surface area contributed by atoms with E-state index in [9.17, 15) is 0 Å². The molecule has 0 unspecified atom stereocenters. The molecule has 0 radical (unpaired) electrons. The lowest BCUT2D eigenvalue weighted by atomic mass is 10.4. The van der Waals surface area contributed by atoms with Gasteiger partial charge in [0.1, 0.15) is 5.03 Å². The Morgan fingerprint density at radius 1 is 1.47 bits per heavy atom. The van der Waals surface area contributed by atoms with Crippen molar-refractivity contribution in [2.75, 3.05) is 5.43 Å². The second-order valence-electron chi connectivity index (χ2n) is 3.52. The summed E-state index contributed by atoms with van der Waals surface area (Å²) in [5.74, 6) is 5.67. The molecule has 1 aromatic heterocycles. The SMILES string of the molecule is NNc1ncc(Cl)c(SC2CCCC2)n1. The largest absolute Gasteiger partial charge is 0.292 e. The van der Waals surface area contributed by atoms with Crippen molar-refractivity contribution < 1.29 is 0 Å². The molecule has 1 aromatic rings. The van der Waals surface area contributed by atoms with E-state index in [2.05, 4.69) is 15.4 Å². The van der Waals surface area contributed by atoms with Crippen molar-refractivity contribution in [3.8, 4) is 0 Å². The first-order valence-electron chi connectivity index (χ1n) is 4.95. The fourth-order valence-electron chi connectivity index (χ4n) is 1.67. The van der Waals surface area contributed by atoms with Crippen LogP contribution in [-0.2, 0) is 0 Å². The van der Waals surface area contributed by atoms with Crippen molar-refractivity contribution in [3.05, 3.63) is 11.2 Å². The van der Waals surface area contributed by atoms with Crippen molar-refractivity contribution in [2.24, 2.45) is 5.84 Å². The molecule has 15 heavy (non-hydrogen) atoms. The van der Waals surface area contributed by atoms with Gasteiger partial charge in [0.25, 0.3) is 0 Å². The molecular weight excluding hydrogens is 232 g/mol. The zero-order valence-electron chi connectivity index (χ0n) is 8.24. The minimum absolute atomic E-state index is 0.417. The van der Waals surface area contributed by atoms with Crippen LogP contribution in [0, 0.1) is 0 Å². The molecule has 3 N–H and O–H groups in total. The lowest BCUT2D eigenvalue weighted by Gasteiger charge is -2.09. The molecule has 0 aliphatic heterocycles. The number of rotatable bonds is 3. The van der Waals surface area contributed by atoms with Crippen molar-refractivity contribution >= 4 is 29.3 Å². The average Bonchev–Trinajstić information content (AvgIpc) is 2.74. The zero-order valence-corrected chi connectivity index (χ0v) is 9.81. The second kappa shape index (κ2) is 5.01.